The van der Waals surface area contributed by atoms with E-state index in [0.29, 0.717) is 31.7 Å². The van der Waals surface area contributed by atoms with Gasteiger partial charge in [0.25, 0.3) is 0 Å². The maximum Gasteiger partial charge on any atom is 0.186 e. The van der Waals surface area contributed by atoms with Crippen molar-refractivity contribution in [3.8, 4) is 0 Å². The summed E-state index contributed by atoms with van der Waals surface area (Å²) in [4.78, 5) is 0. The van der Waals surface area contributed by atoms with Gasteiger partial charge >= 0.3 is 0 Å². The van der Waals surface area contributed by atoms with Gasteiger partial charge in [0, 0.05) is 13.2 Å². The molecule has 1 fully saturated rings. The van der Waals surface area contributed by atoms with E-state index in [0.717, 1.165) is 48.3 Å². The van der Waals surface area contributed by atoms with Crippen LogP contribution in [0.5, 0.6) is 0 Å². The molecule has 0 saturated carbocycles. The predicted molar refractivity (Wildman–Crippen MR) is 237 cm³/mol. The Bertz CT molecular complexity index is 903. The van der Waals surface area contributed by atoms with Gasteiger partial charge in [0.15, 0.2) is 6.29 Å². The first kappa shape index (κ1) is 54.7. The lowest BCUT2D eigenvalue weighted by Crippen LogP contribution is -2.40. The summed E-state index contributed by atoms with van der Waals surface area (Å²) in [6, 6.07) is 0. The van der Waals surface area contributed by atoms with Crippen LogP contribution < -0.4 is 0 Å². The number of rotatable bonds is 38. The number of hydrogen-bond donors (Lipinski definition) is 4. The van der Waals surface area contributed by atoms with Crippen molar-refractivity contribution in [3.05, 3.63) is 0 Å². The molecule has 1 saturated heterocycles. The lowest BCUT2D eigenvalue weighted by atomic mass is 9.91. The Morgan fingerprint density at radius 1 is 0.474 bits per heavy atom. The third-order valence-electron chi connectivity index (χ3n) is 12.8. The van der Waals surface area contributed by atoms with Crippen molar-refractivity contribution in [1.29, 1.82) is 0 Å². The summed E-state index contributed by atoms with van der Waals surface area (Å²) in [7, 11) is 0. The molecule has 0 aliphatic carbocycles. The highest BCUT2D eigenvalue weighted by Crippen LogP contribution is 2.27. The molecule has 0 bridgehead atoms. The molecule has 1 rings (SSSR count). The van der Waals surface area contributed by atoms with Crippen LogP contribution in [-0.2, 0) is 18.9 Å². The molecule has 4 N–H and O–H groups in total. The number of aliphatic hydroxyl groups excluding tert-OH is 4. The zero-order chi connectivity index (χ0) is 42.6. The third kappa shape index (κ3) is 28.0. The van der Waals surface area contributed by atoms with Gasteiger partial charge in [0.05, 0.1) is 19.8 Å². The van der Waals surface area contributed by atoms with Crippen LogP contribution in [0.25, 0.3) is 0 Å². The van der Waals surface area contributed by atoms with Gasteiger partial charge in [-0.05, 0) is 60.2 Å². The summed E-state index contributed by atoms with van der Waals surface area (Å²) in [5.41, 5.74) is 0. The monoisotopic (exact) mass is 815 g/mol. The molecule has 12 atom stereocenters. The van der Waals surface area contributed by atoms with E-state index in [1.165, 1.54) is 116 Å². The second kappa shape index (κ2) is 33.3. The standard InChI is InChI=1S/C49H98O8/c1-36(2)17-11-19-38(5)21-13-23-40(7)25-15-27-42(9)29-31-54-34-44(35-56-49-47(53)46(52)48(57-49)45(51)33-50)55-32-30-43(10)28-16-26-41(8)24-14-22-39(6)20-12-18-37(3)4/h36-53H,11-35H2,1-10H3/t38-,39-,40-,41-,42?,43?,44?,45-,46-,47-,48+,49-/m1/s1. The lowest BCUT2D eigenvalue weighted by Gasteiger charge is -2.23. The van der Waals surface area contributed by atoms with Crippen LogP contribution >= 0.6 is 0 Å². The molecule has 0 aromatic carbocycles. The minimum Gasteiger partial charge on any atom is -0.394 e. The molecule has 8 nitrogen and oxygen atoms in total. The largest absolute Gasteiger partial charge is 0.394 e. The Morgan fingerprint density at radius 2 is 0.842 bits per heavy atom. The second-order valence-corrected chi connectivity index (χ2v) is 20.2. The molecule has 342 valence electrons. The molecule has 0 radical (unpaired) electrons. The second-order valence-electron chi connectivity index (χ2n) is 20.2. The molecule has 1 aliphatic heterocycles. The predicted octanol–water partition coefficient (Wildman–Crippen LogP) is 11.1. The fraction of sp³-hybridized carbons (Fsp3) is 1.00. The van der Waals surface area contributed by atoms with Gasteiger partial charge < -0.3 is 39.4 Å². The van der Waals surface area contributed by atoms with E-state index in [2.05, 4.69) is 69.2 Å². The fourth-order valence-corrected chi connectivity index (χ4v) is 8.39. The molecular weight excluding hydrogens is 717 g/mol. The lowest BCUT2D eigenvalue weighted by molar-refractivity contribution is -0.198. The van der Waals surface area contributed by atoms with Gasteiger partial charge in [-0.3, -0.25) is 0 Å². The van der Waals surface area contributed by atoms with E-state index in [-0.39, 0.29) is 12.7 Å². The average molecular weight is 815 g/mol. The number of ether oxygens (including phenoxy) is 4. The minimum absolute atomic E-state index is 0.128. The topological polar surface area (TPSA) is 118 Å². The highest BCUT2D eigenvalue weighted by atomic mass is 16.7. The number of hydrogen-bond acceptors (Lipinski definition) is 8. The van der Waals surface area contributed by atoms with Crippen LogP contribution in [0.3, 0.4) is 0 Å². The first-order chi connectivity index (χ1) is 27.1. The van der Waals surface area contributed by atoms with Crippen LogP contribution in [0, 0.1) is 47.3 Å². The molecule has 0 aromatic rings. The number of aliphatic hydroxyl groups is 4. The third-order valence-corrected chi connectivity index (χ3v) is 12.8. The van der Waals surface area contributed by atoms with Gasteiger partial charge in [-0.15, -0.1) is 0 Å². The molecule has 8 heteroatoms. The zero-order valence-electron chi connectivity index (χ0n) is 39.2. The first-order valence-electron chi connectivity index (χ1n) is 24.2. The summed E-state index contributed by atoms with van der Waals surface area (Å²) in [6.45, 7) is 24.8. The van der Waals surface area contributed by atoms with Gasteiger partial charge in [0.1, 0.15) is 30.5 Å². The highest BCUT2D eigenvalue weighted by Gasteiger charge is 2.46. The Hall–Kier alpha value is -0.320. The van der Waals surface area contributed by atoms with Crippen molar-refractivity contribution >= 4 is 0 Å². The van der Waals surface area contributed by atoms with Crippen molar-refractivity contribution in [2.75, 3.05) is 33.0 Å². The van der Waals surface area contributed by atoms with E-state index in [9.17, 15) is 20.4 Å². The summed E-state index contributed by atoms with van der Waals surface area (Å²) >= 11 is 0. The fourth-order valence-electron chi connectivity index (χ4n) is 8.39. The van der Waals surface area contributed by atoms with Gasteiger partial charge in [-0.2, -0.15) is 0 Å². The van der Waals surface area contributed by atoms with Crippen LogP contribution in [0.2, 0.25) is 0 Å². The molecule has 0 spiro atoms. The highest BCUT2D eigenvalue weighted by molar-refractivity contribution is 4.90. The molecule has 57 heavy (non-hydrogen) atoms. The van der Waals surface area contributed by atoms with Gasteiger partial charge in [-0.1, -0.05) is 185 Å². The van der Waals surface area contributed by atoms with Gasteiger partial charge in [-0.25, -0.2) is 0 Å². The van der Waals surface area contributed by atoms with Crippen LogP contribution in [0.15, 0.2) is 0 Å². The van der Waals surface area contributed by atoms with E-state index in [4.69, 9.17) is 18.9 Å². The maximum absolute atomic E-state index is 10.5. The van der Waals surface area contributed by atoms with E-state index in [1.807, 2.05) is 0 Å². The van der Waals surface area contributed by atoms with E-state index >= 15 is 0 Å². The Kier molecular flexibility index (Phi) is 32.0. The molecule has 1 heterocycles. The molecule has 0 amide bonds. The van der Waals surface area contributed by atoms with Crippen molar-refractivity contribution in [3.63, 3.8) is 0 Å². The van der Waals surface area contributed by atoms with Crippen molar-refractivity contribution < 1.29 is 39.4 Å². The van der Waals surface area contributed by atoms with Gasteiger partial charge in [0.2, 0.25) is 0 Å². The Morgan fingerprint density at radius 3 is 1.23 bits per heavy atom. The average Bonchev–Trinajstić information content (AvgIpc) is 3.43. The Labute approximate surface area is 353 Å². The van der Waals surface area contributed by atoms with Crippen LogP contribution in [0.1, 0.15) is 198 Å². The van der Waals surface area contributed by atoms with E-state index in [1.54, 1.807) is 0 Å². The molecular formula is C49H98O8. The zero-order valence-corrected chi connectivity index (χ0v) is 39.2. The van der Waals surface area contributed by atoms with E-state index < -0.39 is 37.3 Å². The van der Waals surface area contributed by atoms with Crippen molar-refractivity contribution in [1.82, 2.24) is 0 Å². The summed E-state index contributed by atoms with van der Waals surface area (Å²) in [6.07, 6.45) is 19.2. The SMILES string of the molecule is CC(C)CCC[C@@H](C)CCC[C@@H](C)CCCC(C)CCOCC(CO[C@@H]1O[C@@H]([C@H](O)CO)[C@H](O)[C@H]1O)OCCC(C)CCC[C@H](C)CCC[C@H](C)CCCC(C)C. The smallest absolute Gasteiger partial charge is 0.186 e. The first-order valence-corrected chi connectivity index (χ1v) is 24.2. The van der Waals surface area contributed by atoms with Crippen LogP contribution in [0.4, 0.5) is 0 Å². The summed E-state index contributed by atoms with van der Waals surface area (Å²) in [5, 5.41) is 40.2. The normalized spacial score (nSPS) is 23.2. The molecule has 0 aromatic heterocycles. The summed E-state index contributed by atoms with van der Waals surface area (Å²) < 4.78 is 23.9. The van der Waals surface area contributed by atoms with Crippen LogP contribution in [-0.4, -0.2) is 90.3 Å². The summed E-state index contributed by atoms with van der Waals surface area (Å²) in [5.74, 6) is 6.06. The van der Waals surface area contributed by atoms with Crippen molar-refractivity contribution in [2.24, 2.45) is 47.3 Å². The van der Waals surface area contributed by atoms with Crippen molar-refractivity contribution in [2.45, 2.75) is 234 Å². The molecule has 3 unspecified atom stereocenters. The maximum atomic E-state index is 10.5. The quantitative estimate of drug-likeness (QED) is 0.0455. The minimum atomic E-state index is -1.35. The molecule has 1 aliphatic rings. The Balaban J connectivity index is 2.42.